The largest absolute Gasteiger partial charge is 0.411 e. The highest BCUT2D eigenvalue weighted by Gasteiger charge is 2.12. The summed E-state index contributed by atoms with van der Waals surface area (Å²) in [6.45, 7) is 2.04. The summed E-state index contributed by atoms with van der Waals surface area (Å²) in [4.78, 5) is 11.9. The van der Waals surface area contributed by atoms with Crippen LogP contribution < -0.4 is 5.32 Å². The number of hydrogen-bond donors (Lipinski definition) is 1. The molecule has 0 aliphatic heterocycles. The highest BCUT2D eigenvalue weighted by Crippen LogP contribution is 2.26. The lowest BCUT2D eigenvalue weighted by Gasteiger charge is -1.98. The molecule has 3 aromatic rings. The zero-order valence-electron chi connectivity index (χ0n) is 12.6. The summed E-state index contributed by atoms with van der Waals surface area (Å²) in [6, 6.07) is 9.48. The molecule has 0 saturated carbocycles. The van der Waals surface area contributed by atoms with Gasteiger partial charge in [0.05, 0.1) is 5.75 Å². The molecule has 1 aromatic carbocycles. The van der Waals surface area contributed by atoms with Gasteiger partial charge >= 0.3 is 0 Å². The van der Waals surface area contributed by atoms with Gasteiger partial charge in [0.15, 0.2) is 4.34 Å². The number of hydrogen-bond acceptors (Lipinski definition) is 9. The Hall–Kier alpha value is -1.91. The monoisotopic (exact) mass is 379 g/mol. The van der Waals surface area contributed by atoms with E-state index in [4.69, 9.17) is 4.42 Å². The zero-order chi connectivity index (χ0) is 16.8. The molecule has 7 nitrogen and oxygen atoms in total. The van der Waals surface area contributed by atoms with Gasteiger partial charge in [-0.1, -0.05) is 60.0 Å². The Morgan fingerprint density at radius 3 is 2.79 bits per heavy atom. The Labute approximate surface area is 150 Å². The van der Waals surface area contributed by atoms with Gasteiger partial charge < -0.3 is 4.42 Å². The predicted molar refractivity (Wildman–Crippen MR) is 95.4 cm³/mol. The fraction of sp³-hybridized carbons (Fsp3) is 0.214. The van der Waals surface area contributed by atoms with Crippen LogP contribution in [0.2, 0.25) is 0 Å². The first-order valence-corrected chi connectivity index (χ1v) is 9.81. The first-order chi connectivity index (χ1) is 11.7. The van der Waals surface area contributed by atoms with Crippen molar-refractivity contribution < 1.29 is 9.21 Å². The minimum absolute atomic E-state index is 0.159. The minimum Gasteiger partial charge on any atom is -0.411 e. The molecule has 0 bridgehead atoms. The number of nitrogens with one attached hydrogen (secondary N) is 1. The van der Waals surface area contributed by atoms with E-state index in [0.29, 0.717) is 16.2 Å². The lowest BCUT2D eigenvalue weighted by Crippen LogP contribution is -2.13. The van der Waals surface area contributed by atoms with Gasteiger partial charge in [-0.15, -0.1) is 20.4 Å². The van der Waals surface area contributed by atoms with Crippen molar-refractivity contribution in [3.8, 4) is 11.5 Å². The molecule has 1 amide bonds. The fourth-order valence-corrected chi connectivity index (χ4v) is 3.92. The van der Waals surface area contributed by atoms with Gasteiger partial charge in [-0.3, -0.25) is 10.1 Å². The summed E-state index contributed by atoms with van der Waals surface area (Å²) >= 11 is 4.13. The molecule has 0 spiro atoms. The summed E-state index contributed by atoms with van der Waals surface area (Å²) in [5.41, 5.74) is 0.844. The number of benzene rings is 1. The molecule has 3 rings (SSSR count). The summed E-state index contributed by atoms with van der Waals surface area (Å²) in [7, 11) is 0. The Kier molecular flexibility index (Phi) is 5.83. The van der Waals surface area contributed by atoms with Crippen molar-refractivity contribution in [2.45, 2.75) is 16.5 Å². The van der Waals surface area contributed by atoms with E-state index < -0.39 is 0 Å². The number of nitrogens with zero attached hydrogens (tertiary/aromatic N) is 4. The smallest absolute Gasteiger partial charge is 0.277 e. The Morgan fingerprint density at radius 2 is 2.00 bits per heavy atom. The van der Waals surface area contributed by atoms with E-state index in [-0.39, 0.29) is 11.7 Å². The van der Waals surface area contributed by atoms with Crippen molar-refractivity contribution in [1.29, 1.82) is 0 Å². The topological polar surface area (TPSA) is 93.8 Å². The first-order valence-electron chi connectivity index (χ1n) is 7.02. The van der Waals surface area contributed by atoms with Crippen LogP contribution in [0.25, 0.3) is 11.5 Å². The van der Waals surface area contributed by atoms with Crippen LogP contribution in [0.15, 0.2) is 44.3 Å². The van der Waals surface area contributed by atoms with Crippen LogP contribution in [0.4, 0.5) is 5.13 Å². The highest BCUT2D eigenvalue weighted by atomic mass is 32.2. The molecular formula is C14H13N5O2S3. The second-order valence-electron chi connectivity index (χ2n) is 4.38. The summed E-state index contributed by atoms with van der Waals surface area (Å²) in [6.07, 6.45) is 0. The molecule has 0 unspecified atom stereocenters. The second kappa shape index (κ2) is 8.27. The average Bonchev–Trinajstić information content (AvgIpc) is 3.24. The summed E-state index contributed by atoms with van der Waals surface area (Å²) in [5.74, 6) is 1.32. The summed E-state index contributed by atoms with van der Waals surface area (Å²) < 4.78 is 6.38. The van der Waals surface area contributed by atoms with Crippen LogP contribution in [-0.4, -0.2) is 37.8 Å². The molecule has 24 heavy (non-hydrogen) atoms. The standard InChI is InChI=1S/C14H13N5O2S3/c1-2-22-14-19-17-12(24-14)15-10(20)8-23-13-18-16-11(21-13)9-6-4-3-5-7-9/h3-7H,2,8H2,1H3,(H,15,17,20). The van der Waals surface area contributed by atoms with E-state index in [1.807, 2.05) is 37.3 Å². The maximum Gasteiger partial charge on any atom is 0.277 e. The Morgan fingerprint density at radius 1 is 1.17 bits per heavy atom. The van der Waals surface area contributed by atoms with Crippen LogP contribution in [-0.2, 0) is 4.79 Å². The third-order valence-corrected chi connectivity index (χ3v) is 5.35. The molecule has 124 valence electrons. The van der Waals surface area contributed by atoms with E-state index in [0.717, 1.165) is 15.7 Å². The second-order valence-corrected chi connectivity index (χ2v) is 7.80. The van der Waals surface area contributed by atoms with Crippen LogP contribution in [0.1, 0.15) is 6.92 Å². The number of rotatable bonds is 7. The molecule has 0 saturated heterocycles. The van der Waals surface area contributed by atoms with Crippen molar-refractivity contribution in [1.82, 2.24) is 20.4 Å². The van der Waals surface area contributed by atoms with Gasteiger partial charge in [0, 0.05) is 5.56 Å². The molecule has 2 aromatic heterocycles. The van der Waals surface area contributed by atoms with Crippen LogP contribution in [0.5, 0.6) is 0 Å². The third kappa shape index (κ3) is 4.56. The first kappa shape index (κ1) is 16.9. The maximum atomic E-state index is 11.9. The van der Waals surface area contributed by atoms with Crippen molar-refractivity contribution in [3.05, 3.63) is 30.3 Å². The van der Waals surface area contributed by atoms with E-state index in [1.54, 1.807) is 11.8 Å². The van der Waals surface area contributed by atoms with E-state index >= 15 is 0 Å². The molecule has 0 fully saturated rings. The molecule has 0 atom stereocenters. The van der Waals surface area contributed by atoms with Crippen LogP contribution >= 0.6 is 34.9 Å². The Bertz CT molecular complexity index is 806. The van der Waals surface area contributed by atoms with Crippen molar-refractivity contribution in [2.24, 2.45) is 0 Å². The fourth-order valence-electron chi connectivity index (χ4n) is 1.69. The minimum atomic E-state index is -0.191. The number of aromatic nitrogens is 4. The molecule has 0 aliphatic carbocycles. The van der Waals surface area contributed by atoms with Gasteiger partial charge in [-0.05, 0) is 17.9 Å². The highest BCUT2D eigenvalue weighted by molar-refractivity contribution is 8.01. The van der Waals surface area contributed by atoms with Crippen LogP contribution in [0.3, 0.4) is 0 Å². The number of anilines is 1. The summed E-state index contributed by atoms with van der Waals surface area (Å²) in [5, 5.41) is 19.4. The molecular weight excluding hydrogens is 366 g/mol. The average molecular weight is 379 g/mol. The van der Waals surface area contributed by atoms with E-state index in [2.05, 4.69) is 25.7 Å². The van der Waals surface area contributed by atoms with Gasteiger partial charge in [-0.2, -0.15) is 0 Å². The number of thioether (sulfide) groups is 2. The number of carbonyl (C=O) groups excluding carboxylic acids is 1. The Balaban J connectivity index is 1.52. The molecule has 0 radical (unpaired) electrons. The van der Waals surface area contributed by atoms with Gasteiger partial charge in [0.25, 0.3) is 5.22 Å². The molecule has 10 heteroatoms. The maximum absolute atomic E-state index is 11.9. The molecule has 2 heterocycles. The third-order valence-electron chi connectivity index (χ3n) is 2.67. The normalized spacial score (nSPS) is 10.7. The SMILES string of the molecule is CCSc1nnc(NC(=O)CSc2nnc(-c3ccccc3)o2)s1. The molecule has 0 aliphatic rings. The van der Waals surface area contributed by atoms with Gasteiger partial charge in [-0.25, -0.2) is 0 Å². The zero-order valence-corrected chi connectivity index (χ0v) is 15.1. The van der Waals surface area contributed by atoms with Crippen molar-refractivity contribution in [3.63, 3.8) is 0 Å². The predicted octanol–water partition coefficient (Wildman–Crippen LogP) is 3.43. The number of amides is 1. The lowest BCUT2D eigenvalue weighted by molar-refractivity contribution is -0.113. The lowest BCUT2D eigenvalue weighted by atomic mass is 10.2. The van der Waals surface area contributed by atoms with Gasteiger partial charge in [0.1, 0.15) is 0 Å². The van der Waals surface area contributed by atoms with E-state index in [1.165, 1.54) is 23.1 Å². The van der Waals surface area contributed by atoms with E-state index in [9.17, 15) is 4.79 Å². The quantitative estimate of drug-likeness (QED) is 0.493. The number of carbonyl (C=O) groups is 1. The molecule has 1 N–H and O–H groups in total. The van der Waals surface area contributed by atoms with Crippen LogP contribution in [0, 0.1) is 0 Å². The van der Waals surface area contributed by atoms with Gasteiger partial charge in [0.2, 0.25) is 16.9 Å². The van der Waals surface area contributed by atoms with Crippen molar-refractivity contribution >= 4 is 45.9 Å². The van der Waals surface area contributed by atoms with Crippen molar-refractivity contribution in [2.75, 3.05) is 16.8 Å².